The van der Waals surface area contributed by atoms with Crippen molar-refractivity contribution in [2.75, 3.05) is 19.6 Å². The predicted octanol–water partition coefficient (Wildman–Crippen LogP) is 0.00380. The van der Waals surface area contributed by atoms with E-state index in [2.05, 4.69) is 24.5 Å². The van der Waals surface area contributed by atoms with Crippen molar-refractivity contribution < 1.29 is 9.59 Å². The molecule has 2 amide bonds. The zero-order chi connectivity index (χ0) is 12.4. The molecule has 94 valence electrons. The maximum Gasteiger partial charge on any atom is 0.233 e. The summed E-state index contributed by atoms with van der Waals surface area (Å²) in [5, 5.41) is 5.46. The first-order valence-corrected chi connectivity index (χ1v) is 5.79. The highest BCUT2D eigenvalue weighted by Gasteiger charge is 2.02. The zero-order valence-electron chi connectivity index (χ0n) is 10.2. The summed E-state index contributed by atoms with van der Waals surface area (Å²) < 4.78 is 0. The summed E-state index contributed by atoms with van der Waals surface area (Å²) >= 11 is 0. The van der Waals surface area contributed by atoms with Crippen molar-refractivity contribution in [3.05, 3.63) is 0 Å². The first-order chi connectivity index (χ1) is 7.56. The SMILES string of the molecule is CC(C)CCNC(=O)CCCNC(=O)CN. The van der Waals surface area contributed by atoms with Gasteiger partial charge in [-0.15, -0.1) is 0 Å². The van der Waals surface area contributed by atoms with Crippen LogP contribution in [0.15, 0.2) is 0 Å². The molecule has 0 saturated carbocycles. The lowest BCUT2D eigenvalue weighted by Crippen LogP contribution is -2.32. The first-order valence-electron chi connectivity index (χ1n) is 5.79. The van der Waals surface area contributed by atoms with Crippen LogP contribution in [-0.4, -0.2) is 31.4 Å². The van der Waals surface area contributed by atoms with Gasteiger partial charge in [-0.05, 0) is 18.8 Å². The van der Waals surface area contributed by atoms with Crippen molar-refractivity contribution in [3.63, 3.8) is 0 Å². The molecule has 0 aromatic carbocycles. The lowest BCUT2D eigenvalue weighted by atomic mass is 10.1. The van der Waals surface area contributed by atoms with E-state index >= 15 is 0 Å². The second-order valence-electron chi connectivity index (χ2n) is 4.19. The van der Waals surface area contributed by atoms with E-state index in [-0.39, 0.29) is 18.4 Å². The Labute approximate surface area is 97.2 Å². The number of amides is 2. The number of nitrogens with one attached hydrogen (secondary N) is 2. The molecular weight excluding hydrogens is 206 g/mol. The number of hydrogen-bond donors (Lipinski definition) is 3. The van der Waals surface area contributed by atoms with Gasteiger partial charge in [0.25, 0.3) is 0 Å². The molecule has 0 aliphatic heterocycles. The monoisotopic (exact) mass is 229 g/mol. The molecule has 0 fully saturated rings. The van der Waals surface area contributed by atoms with Crippen molar-refractivity contribution in [2.24, 2.45) is 11.7 Å². The highest BCUT2D eigenvalue weighted by molar-refractivity contribution is 5.78. The van der Waals surface area contributed by atoms with Crippen LogP contribution in [0.4, 0.5) is 0 Å². The number of nitrogens with two attached hydrogens (primary N) is 1. The summed E-state index contributed by atoms with van der Waals surface area (Å²) in [5.41, 5.74) is 5.12. The highest BCUT2D eigenvalue weighted by atomic mass is 16.2. The number of carbonyl (C=O) groups is 2. The Bertz CT molecular complexity index is 217. The highest BCUT2D eigenvalue weighted by Crippen LogP contribution is 1.96. The molecule has 0 bridgehead atoms. The molecule has 0 aliphatic rings. The summed E-state index contributed by atoms with van der Waals surface area (Å²) in [6, 6.07) is 0. The molecule has 5 nitrogen and oxygen atoms in total. The topological polar surface area (TPSA) is 84.2 Å². The Morgan fingerprint density at radius 2 is 1.75 bits per heavy atom. The van der Waals surface area contributed by atoms with E-state index in [0.717, 1.165) is 13.0 Å². The van der Waals surface area contributed by atoms with Crippen LogP contribution in [0.25, 0.3) is 0 Å². The van der Waals surface area contributed by atoms with Gasteiger partial charge < -0.3 is 16.4 Å². The molecule has 0 saturated heterocycles. The molecule has 5 heteroatoms. The number of hydrogen-bond acceptors (Lipinski definition) is 3. The lowest BCUT2D eigenvalue weighted by molar-refractivity contribution is -0.122. The molecule has 0 aromatic rings. The summed E-state index contributed by atoms with van der Waals surface area (Å²) in [6.45, 7) is 5.48. The molecule has 0 atom stereocenters. The smallest absolute Gasteiger partial charge is 0.233 e. The van der Waals surface area contributed by atoms with E-state index in [0.29, 0.717) is 25.3 Å². The van der Waals surface area contributed by atoms with Crippen molar-refractivity contribution >= 4 is 11.8 Å². The van der Waals surface area contributed by atoms with Gasteiger partial charge >= 0.3 is 0 Å². The number of rotatable bonds is 8. The van der Waals surface area contributed by atoms with Gasteiger partial charge in [-0.2, -0.15) is 0 Å². The fourth-order valence-corrected chi connectivity index (χ4v) is 1.14. The van der Waals surface area contributed by atoms with Gasteiger partial charge in [-0.1, -0.05) is 13.8 Å². The minimum Gasteiger partial charge on any atom is -0.356 e. The van der Waals surface area contributed by atoms with Crippen molar-refractivity contribution in [1.29, 1.82) is 0 Å². The van der Waals surface area contributed by atoms with Crippen LogP contribution in [0, 0.1) is 5.92 Å². The first kappa shape index (κ1) is 14.9. The predicted molar refractivity (Wildman–Crippen MR) is 63.8 cm³/mol. The van der Waals surface area contributed by atoms with E-state index in [1.807, 2.05) is 0 Å². The van der Waals surface area contributed by atoms with E-state index < -0.39 is 0 Å². The fraction of sp³-hybridized carbons (Fsp3) is 0.818. The third kappa shape index (κ3) is 9.45. The Hall–Kier alpha value is -1.10. The molecule has 0 heterocycles. The van der Waals surface area contributed by atoms with Crippen LogP contribution in [0.5, 0.6) is 0 Å². The molecular formula is C11H23N3O2. The molecule has 0 unspecified atom stereocenters. The van der Waals surface area contributed by atoms with E-state index in [9.17, 15) is 9.59 Å². The largest absolute Gasteiger partial charge is 0.356 e. The van der Waals surface area contributed by atoms with E-state index in [1.165, 1.54) is 0 Å². The van der Waals surface area contributed by atoms with Crippen LogP contribution in [0.1, 0.15) is 33.1 Å². The molecule has 0 radical (unpaired) electrons. The average molecular weight is 229 g/mol. The molecule has 0 aliphatic carbocycles. The summed E-state index contributed by atoms with van der Waals surface area (Å²) in [4.78, 5) is 22.1. The minimum absolute atomic E-state index is 0.000580. The quantitative estimate of drug-likeness (QED) is 0.512. The lowest BCUT2D eigenvalue weighted by Gasteiger charge is -2.07. The van der Waals surface area contributed by atoms with Crippen molar-refractivity contribution in [2.45, 2.75) is 33.1 Å². The van der Waals surface area contributed by atoms with Gasteiger partial charge in [-0.3, -0.25) is 9.59 Å². The van der Waals surface area contributed by atoms with Crippen molar-refractivity contribution in [3.8, 4) is 0 Å². The van der Waals surface area contributed by atoms with Crippen molar-refractivity contribution in [1.82, 2.24) is 10.6 Å². The van der Waals surface area contributed by atoms with E-state index in [4.69, 9.17) is 5.73 Å². The summed E-state index contributed by atoms with van der Waals surface area (Å²) in [7, 11) is 0. The van der Waals surface area contributed by atoms with Crippen LogP contribution >= 0.6 is 0 Å². The van der Waals surface area contributed by atoms with Gasteiger partial charge in [0.1, 0.15) is 0 Å². The fourth-order valence-electron chi connectivity index (χ4n) is 1.14. The minimum atomic E-state index is -0.180. The van der Waals surface area contributed by atoms with Crippen LogP contribution in [0.3, 0.4) is 0 Å². The standard InChI is InChI=1S/C11H23N3O2/c1-9(2)5-7-14-10(15)4-3-6-13-11(16)8-12/h9H,3-8,12H2,1-2H3,(H,13,16)(H,14,15). The average Bonchev–Trinajstić information content (AvgIpc) is 2.23. The second kappa shape index (κ2) is 9.15. The molecule has 0 aromatic heterocycles. The normalized spacial score (nSPS) is 10.2. The molecule has 0 spiro atoms. The van der Waals surface area contributed by atoms with Gasteiger partial charge in [0, 0.05) is 19.5 Å². The Kier molecular flexibility index (Phi) is 8.52. The molecule has 4 N–H and O–H groups in total. The Morgan fingerprint density at radius 3 is 2.31 bits per heavy atom. The maximum atomic E-state index is 11.3. The van der Waals surface area contributed by atoms with E-state index in [1.54, 1.807) is 0 Å². The number of carbonyl (C=O) groups excluding carboxylic acids is 2. The molecule has 0 rings (SSSR count). The zero-order valence-corrected chi connectivity index (χ0v) is 10.2. The van der Waals surface area contributed by atoms with Crippen LogP contribution < -0.4 is 16.4 Å². The van der Waals surface area contributed by atoms with Crippen LogP contribution in [-0.2, 0) is 9.59 Å². The van der Waals surface area contributed by atoms with Gasteiger partial charge in [-0.25, -0.2) is 0 Å². The molecule has 16 heavy (non-hydrogen) atoms. The second-order valence-corrected chi connectivity index (χ2v) is 4.19. The maximum absolute atomic E-state index is 11.3. The van der Waals surface area contributed by atoms with Gasteiger partial charge in [0.05, 0.1) is 6.54 Å². The van der Waals surface area contributed by atoms with Gasteiger partial charge in [0.15, 0.2) is 0 Å². The Balaban J connectivity index is 3.34. The van der Waals surface area contributed by atoms with Crippen LogP contribution in [0.2, 0.25) is 0 Å². The Morgan fingerprint density at radius 1 is 1.12 bits per heavy atom. The third-order valence-corrected chi connectivity index (χ3v) is 2.13. The third-order valence-electron chi connectivity index (χ3n) is 2.13. The van der Waals surface area contributed by atoms with Gasteiger partial charge in [0.2, 0.25) is 11.8 Å². The summed E-state index contributed by atoms with van der Waals surface area (Å²) in [5.74, 6) is 0.465. The summed E-state index contributed by atoms with van der Waals surface area (Å²) in [6.07, 6.45) is 2.10.